The van der Waals surface area contributed by atoms with Crippen molar-refractivity contribution in [1.29, 1.82) is 0 Å². The third kappa shape index (κ3) is 2.01. The number of hydrogen-bond acceptors (Lipinski definition) is 3. The van der Waals surface area contributed by atoms with Crippen molar-refractivity contribution in [1.82, 2.24) is 14.8 Å². The summed E-state index contributed by atoms with van der Waals surface area (Å²) in [6, 6.07) is 1.63. The molecule has 6 heteroatoms. The van der Waals surface area contributed by atoms with Gasteiger partial charge in [-0.05, 0) is 19.9 Å². The number of nitrogens with one attached hydrogen (secondary N) is 2. The van der Waals surface area contributed by atoms with Crippen LogP contribution < -0.4 is 11.1 Å². The monoisotopic (exact) mass is 233 g/mol. The highest BCUT2D eigenvalue weighted by molar-refractivity contribution is 6.03. The van der Waals surface area contributed by atoms with E-state index in [1.165, 1.54) is 0 Å². The molecule has 0 saturated carbocycles. The predicted molar refractivity (Wildman–Crippen MR) is 65.8 cm³/mol. The zero-order valence-electron chi connectivity index (χ0n) is 10.0. The average Bonchev–Trinajstić information content (AvgIpc) is 2.75. The molecule has 2 rings (SSSR count). The molecule has 6 nitrogen and oxygen atoms in total. The molecule has 0 aliphatic carbocycles. The molecule has 17 heavy (non-hydrogen) atoms. The van der Waals surface area contributed by atoms with Gasteiger partial charge in [0.05, 0.1) is 5.69 Å². The molecular weight excluding hydrogens is 218 g/mol. The Morgan fingerprint density at radius 1 is 1.53 bits per heavy atom. The van der Waals surface area contributed by atoms with Crippen LogP contribution in [0.3, 0.4) is 0 Å². The minimum Gasteiger partial charge on any atom is -0.397 e. The Morgan fingerprint density at radius 3 is 2.71 bits per heavy atom. The number of hydrogen-bond donors (Lipinski definition) is 3. The van der Waals surface area contributed by atoms with Gasteiger partial charge in [-0.15, -0.1) is 0 Å². The van der Waals surface area contributed by atoms with Gasteiger partial charge in [0.1, 0.15) is 5.69 Å². The number of nitrogens with two attached hydrogens (primary N) is 1. The van der Waals surface area contributed by atoms with E-state index in [1.54, 1.807) is 23.9 Å². The van der Waals surface area contributed by atoms with E-state index in [4.69, 9.17) is 5.73 Å². The van der Waals surface area contributed by atoms with Crippen LogP contribution in [-0.4, -0.2) is 20.7 Å². The summed E-state index contributed by atoms with van der Waals surface area (Å²) >= 11 is 0. The molecular formula is C11H15N5O. The number of H-pyrrole nitrogens is 1. The number of carbonyl (C=O) groups excluding carboxylic acids is 1. The van der Waals surface area contributed by atoms with Crippen LogP contribution in [0.1, 0.15) is 21.7 Å². The van der Waals surface area contributed by atoms with Gasteiger partial charge in [-0.1, -0.05) is 0 Å². The normalized spacial score (nSPS) is 10.5. The Balaban J connectivity index is 2.23. The number of nitrogen functional groups attached to an aromatic ring is 1. The zero-order valence-corrected chi connectivity index (χ0v) is 10.0. The molecule has 0 saturated heterocycles. The van der Waals surface area contributed by atoms with Crippen molar-refractivity contribution in [3.8, 4) is 0 Å². The minimum atomic E-state index is -0.223. The van der Waals surface area contributed by atoms with Crippen molar-refractivity contribution in [3.05, 3.63) is 29.2 Å². The van der Waals surface area contributed by atoms with E-state index in [1.807, 2.05) is 13.8 Å². The van der Waals surface area contributed by atoms with Gasteiger partial charge in [0.25, 0.3) is 5.91 Å². The van der Waals surface area contributed by atoms with Crippen molar-refractivity contribution >= 4 is 17.4 Å². The van der Waals surface area contributed by atoms with Crippen LogP contribution in [0.25, 0.3) is 0 Å². The number of anilines is 2. The van der Waals surface area contributed by atoms with Gasteiger partial charge in [0.2, 0.25) is 0 Å². The first-order valence-electron chi connectivity index (χ1n) is 5.24. The summed E-state index contributed by atoms with van der Waals surface area (Å²) in [6.45, 7) is 3.80. The fourth-order valence-corrected chi connectivity index (χ4v) is 1.59. The third-order valence-corrected chi connectivity index (χ3v) is 2.74. The van der Waals surface area contributed by atoms with Crippen LogP contribution in [-0.2, 0) is 7.05 Å². The van der Waals surface area contributed by atoms with Crippen LogP contribution >= 0.6 is 0 Å². The average molecular weight is 233 g/mol. The number of aryl methyl sites for hydroxylation is 2. The molecule has 0 unspecified atom stereocenters. The molecule has 0 aromatic carbocycles. The second-order valence-electron chi connectivity index (χ2n) is 4.05. The first-order chi connectivity index (χ1) is 7.99. The molecule has 1 amide bonds. The molecule has 2 aromatic rings. The van der Waals surface area contributed by atoms with Crippen LogP contribution in [0.15, 0.2) is 12.3 Å². The Bertz CT molecular complexity index is 566. The Labute approximate surface area is 98.8 Å². The van der Waals surface area contributed by atoms with Gasteiger partial charge in [-0.3, -0.25) is 9.89 Å². The van der Waals surface area contributed by atoms with Gasteiger partial charge in [-0.2, -0.15) is 5.10 Å². The molecule has 0 fully saturated rings. The van der Waals surface area contributed by atoms with E-state index in [-0.39, 0.29) is 5.91 Å². The van der Waals surface area contributed by atoms with Crippen LogP contribution in [0.4, 0.5) is 11.5 Å². The molecule has 90 valence electrons. The van der Waals surface area contributed by atoms with Gasteiger partial charge < -0.3 is 15.6 Å². The largest absolute Gasteiger partial charge is 0.397 e. The van der Waals surface area contributed by atoms with E-state index < -0.39 is 0 Å². The minimum absolute atomic E-state index is 0.223. The lowest BCUT2D eigenvalue weighted by Crippen LogP contribution is -2.16. The highest BCUT2D eigenvalue weighted by Gasteiger charge is 2.14. The number of amides is 1. The second kappa shape index (κ2) is 3.97. The highest BCUT2D eigenvalue weighted by Crippen LogP contribution is 2.16. The van der Waals surface area contributed by atoms with Gasteiger partial charge in [-0.25, -0.2) is 0 Å². The van der Waals surface area contributed by atoms with Crippen molar-refractivity contribution in [2.75, 3.05) is 11.1 Å². The summed E-state index contributed by atoms with van der Waals surface area (Å²) in [6.07, 6.45) is 1.69. The quantitative estimate of drug-likeness (QED) is 0.728. The van der Waals surface area contributed by atoms with Crippen LogP contribution in [0, 0.1) is 13.8 Å². The first kappa shape index (κ1) is 11.3. The van der Waals surface area contributed by atoms with E-state index in [9.17, 15) is 4.79 Å². The number of aromatic nitrogens is 3. The summed E-state index contributed by atoms with van der Waals surface area (Å²) in [5.41, 5.74) is 8.55. The molecule has 0 bridgehead atoms. The number of aromatic amines is 1. The van der Waals surface area contributed by atoms with E-state index in [0.29, 0.717) is 17.2 Å². The lowest BCUT2D eigenvalue weighted by Gasteiger charge is -2.03. The molecule has 4 N–H and O–H groups in total. The fraction of sp³-hybridized carbons (Fsp3) is 0.273. The van der Waals surface area contributed by atoms with Crippen molar-refractivity contribution in [2.24, 2.45) is 7.05 Å². The zero-order chi connectivity index (χ0) is 12.6. The molecule has 2 heterocycles. The van der Waals surface area contributed by atoms with Crippen molar-refractivity contribution < 1.29 is 4.79 Å². The first-order valence-corrected chi connectivity index (χ1v) is 5.24. The molecule has 0 aliphatic heterocycles. The molecule has 0 aliphatic rings. The molecule has 0 radical (unpaired) electrons. The fourth-order valence-electron chi connectivity index (χ4n) is 1.59. The molecule has 0 spiro atoms. The van der Waals surface area contributed by atoms with E-state index in [0.717, 1.165) is 11.3 Å². The molecule has 0 atom stereocenters. The third-order valence-electron chi connectivity index (χ3n) is 2.74. The highest BCUT2D eigenvalue weighted by atomic mass is 16.2. The predicted octanol–water partition coefficient (Wildman–Crippen LogP) is 1.20. The SMILES string of the molecule is Cc1[nH]nc(NC(=O)c2cc(N)cn2C)c1C. The Kier molecular flexibility index (Phi) is 2.63. The maximum atomic E-state index is 12.0. The summed E-state index contributed by atoms with van der Waals surface area (Å²) in [5.74, 6) is 0.325. The number of carbonyl (C=O) groups is 1. The van der Waals surface area contributed by atoms with Gasteiger partial charge >= 0.3 is 0 Å². The summed E-state index contributed by atoms with van der Waals surface area (Å²) in [7, 11) is 1.77. The maximum Gasteiger partial charge on any atom is 0.273 e. The lowest BCUT2D eigenvalue weighted by molar-refractivity contribution is 0.101. The van der Waals surface area contributed by atoms with Crippen LogP contribution in [0.2, 0.25) is 0 Å². The van der Waals surface area contributed by atoms with E-state index in [2.05, 4.69) is 15.5 Å². The Morgan fingerprint density at radius 2 is 2.24 bits per heavy atom. The summed E-state index contributed by atoms with van der Waals surface area (Å²) < 4.78 is 1.68. The van der Waals surface area contributed by atoms with Crippen molar-refractivity contribution in [3.63, 3.8) is 0 Å². The lowest BCUT2D eigenvalue weighted by atomic mass is 10.2. The molecule has 2 aromatic heterocycles. The van der Waals surface area contributed by atoms with Gasteiger partial charge in [0.15, 0.2) is 5.82 Å². The van der Waals surface area contributed by atoms with Crippen molar-refractivity contribution in [2.45, 2.75) is 13.8 Å². The smallest absolute Gasteiger partial charge is 0.273 e. The Hall–Kier alpha value is -2.24. The van der Waals surface area contributed by atoms with Crippen LogP contribution in [0.5, 0.6) is 0 Å². The maximum absolute atomic E-state index is 12.0. The van der Waals surface area contributed by atoms with E-state index >= 15 is 0 Å². The second-order valence-corrected chi connectivity index (χ2v) is 4.05. The number of rotatable bonds is 2. The summed E-state index contributed by atoms with van der Waals surface area (Å²) in [4.78, 5) is 12.0. The van der Waals surface area contributed by atoms with Gasteiger partial charge in [0, 0.05) is 24.5 Å². The summed E-state index contributed by atoms with van der Waals surface area (Å²) in [5, 5.41) is 9.58. The number of nitrogens with zero attached hydrogens (tertiary/aromatic N) is 2. The standard InChI is InChI=1S/C11H15N5O/c1-6-7(2)14-15-10(6)13-11(17)9-4-8(12)5-16(9)3/h4-5H,12H2,1-3H3,(H2,13,14,15,17). The topological polar surface area (TPSA) is 88.7 Å².